The van der Waals surface area contributed by atoms with Crippen LogP contribution >= 0.6 is 10.7 Å². The first-order valence-corrected chi connectivity index (χ1v) is 7.33. The lowest BCUT2D eigenvalue weighted by molar-refractivity contribution is -0.138. The van der Waals surface area contributed by atoms with Crippen molar-refractivity contribution in [2.45, 2.75) is 19.0 Å². The van der Waals surface area contributed by atoms with Crippen molar-refractivity contribution in [3.8, 4) is 0 Å². The molecule has 0 N–H and O–H groups in total. The fourth-order valence-corrected chi connectivity index (χ4v) is 1.36. The number of hydrogen-bond donors (Lipinski definition) is 0. The second-order valence-corrected chi connectivity index (χ2v) is 6.08. The molecule has 0 aromatic carbocycles. The third-order valence-corrected chi connectivity index (χ3v) is 2.71. The van der Waals surface area contributed by atoms with E-state index in [9.17, 15) is 21.6 Å². The second-order valence-electron chi connectivity index (χ2n) is 3.19. The van der Waals surface area contributed by atoms with Crippen LogP contribution in [-0.4, -0.2) is 46.8 Å². The van der Waals surface area contributed by atoms with Crippen LogP contribution in [0, 0.1) is 0 Å². The minimum absolute atomic E-state index is 0.00330. The summed E-state index contributed by atoms with van der Waals surface area (Å²) in [6.45, 7) is 0.188. The van der Waals surface area contributed by atoms with E-state index < -0.39 is 21.6 Å². The molecule has 0 spiro atoms. The highest BCUT2D eigenvalue weighted by Gasteiger charge is 2.25. The standard InChI is InChI=1S/C8H14ClF3O4S/c9-17(13,14)7-6-16-5-4-15-3-1-2-8(10,11)12/h1-7H2. The van der Waals surface area contributed by atoms with E-state index in [1.54, 1.807) is 0 Å². The molecule has 0 unspecified atom stereocenters. The highest BCUT2D eigenvalue weighted by Crippen LogP contribution is 2.20. The highest BCUT2D eigenvalue weighted by atomic mass is 35.7. The molecule has 0 radical (unpaired) electrons. The quantitative estimate of drug-likeness (QED) is 0.482. The summed E-state index contributed by atoms with van der Waals surface area (Å²) in [7, 11) is 1.35. The Bertz CT molecular complexity index is 292. The average molecular weight is 299 g/mol. The van der Waals surface area contributed by atoms with Gasteiger partial charge in [0.05, 0.1) is 25.6 Å². The van der Waals surface area contributed by atoms with Crippen LogP contribution in [0.25, 0.3) is 0 Å². The molecule has 104 valence electrons. The van der Waals surface area contributed by atoms with Crippen LogP contribution in [0.15, 0.2) is 0 Å². The number of ether oxygens (including phenoxy) is 2. The zero-order chi connectivity index (χ0) is 13.4. The van der Waals surface area contributed by atoms with Crippen LogP contribution in [0.4, 0.5) is 13.2 Å². The molecule has 0 aromatic heterocycles. The van der Waals surface area contributed by atoms with Gasteiger partial charge < -0.3 is 9.47 Å². The fourth-order valence-electron chi connectivity index (χ4n) is 0.855. The number of hydrogen-bond acceptors (Lipinski definition) is 4. The Morgan fingerprint density at radius 2 is 1.53 bits per heavy atom. The van der Waals surface area contributed by atoms with Crippen LogP contribution < -0.4 is 0 Å². The van der Waals surface area contributed by atoms with Gasteiger partial charge in [-0.2, -0.15) is 13.2 Å². The van der Waals surface area contributed by atoms with Gasteiger partial charge in [0.15, 0.2) is 0 Å². The van der Waals surface area contributed by atoms with Crippen molar-refractivity contribution in [2.24, 2.45) is 0 Å². The smallest absolute Gasteiger partial charge is 0.379 e. The van der Waals surface area contributed by atoms with E-state index in [1.807, 2.05) is 0 Å². The minimum Gasteiger partial charge on any atom is -0.379 e. The van der Waals surface area contributed by atoms with Gasteiger partial charge in [-0.3, -0.25) is 0 Å². The molecule has 17 heavy (non-hydrogen) atoms. The maximum atomic E-state index is 11.7. The molecule has 0 aliphatic carbocycles. The summed E-state index contributed by atoms with van der Waals surface area (Å²) in [6.07, 6.45) is -5.13. The third-order valence-electron chi connectivity index (χ3n) is 1.59. The Labute approximate surface area is 102 Å². The molecule has 0 saturated heterocycles. The summed E-state index contributed by atoms with van der Waals surface area (Å²) < 4.78 is 65.7. The molecule has 4 nitrogen and oxygen atoms in total. The first-order chi connectivity index (χ1) is 7.71. The molecule has 0 bridgehead atoms. The summed E-state index contributed by atoms with van der Waals surface area (Å²) in [5, 5.41) is 0. The van der Waals surface area contributed by atoms with E-state index >= 15 is 0 Å². The van der Waals surface area contributed by atoms with Crippen LogP contribution in [0.2, 0.25) is 0 Å². The zero-order valence-corrected chi connectivity index (χ0v) is 10.6. The molecule has 0 saturated carbocycles. The summed E-state index contributed by atoms with van der Waals surface area (Å²) in [5.41, 5.74) is 0. The van der Waals surface area contributed by atoms with Gasteiger partial charge in [-0.1, -0.05) is 0 Å². The van der Waals surface area contributed by atoms with Crippen LogP contribution in [0.3, 0.4) is 0 Å². The van der Waals surface area contributed by atoms with E-state index in [2.05, 4.69) is 0 Å². The van der Waals surface area contributed by atoms with Gasteiger partial charge in [0.2, 0.25) is 9.05 Å². The summed E-state index contributed by atoms with van der Waals surface area (Å²) in [5.74, 6) is -0.303. The van der Waals surface area contributed by atoms with Crippen molar-refractivity contribution >= 4 is 19.7 Å². The monoisotopic (exact) mass is 298 g/mol. The first kappa shape index (κ1) is 16.9. The second kappa shape index (κ2) is 8.12. The molecular weight excluding hydrogens is 285 g/mol. The maximum absolute atomic E-state index is 11.7. The minimum atomic E-state index is -4.16. The zero-order valence-electron chi connectivity index (χ0n) is 9.00. The van der Waals surface area contributed by atoms with Gasteiger partial charge in [-0.15, -0.1) is 0 Å². The largest absolute Gasteiger partial charge is 0.389 e. The van der Waals surface area contributed by atoms with Crippen molar-refractivity contribution in [2.75, 3.05) is 32.2 Å². The van der Waals surface area contributed by atoms with E-state index in [1.165, 1.54) is 0 Å². The normalized spacial score (nSPS) is 12.9. The predicted molar refractivity (Wildman–Crippen MR) is 56.6 cm³/mol. The van der Waals surface area contributed by atoms with E-state index in [0.717, 1.165) is 0 Å². The first-order valence-electron chi connectivity index (χ1n) is 4.85. The van der Waals surface area contributed by atoms with Crippen LogP contribution in [-0.2, 0) is 18.5 Å². The summed E-state index contributed by atoms with van der Waals surface area (Å²) in [6, 6.07) is 0. The van der Waals surface area contributed by atoms with Crippen molar-refractivity contribution in [3.63, 3.8) is 0 Å². The van der Waals surface area contributed by atoms with E-state index in [0.29, 0.717) is 0 Å². The van der Waals surface area contributed by atoms with Crippen molar-refractivity contribution in [3.05, 3.63) is 0 Å². The molecule has 0 fully saturated rings. The lowest BCUT2D eigenvalue weighted by Gasteiger charge is -2.07. The maximum Gasteiger partial charge on any atom is 0.389 e. The highest BCUT2D eigenvalue weighted by molar-refractivity contribution is 8.13. The molecule has 0 atom stereocenters. The number of halogens is 4. The van der Waals surface area contributed by atoms with Crippen molar-refractivity contribution < 1.29 is 31.1 Å². The lowest BCUT2D eigenvalue weighted by atomic mass is 10.3. The van der Waals surface area contributed by atoms with E-state index in [-0.39, 0.29) is 38.6 Å². The van der Waals surface area contributed by atoms with Crippen LogP contribution in [0.1, 0.15) is 12.8 Å². The predicted octanol–water partition coefficient (Wildman–Crippen LogP) is 1.93. The molecule has 0 heterocycles. The van der Waals surface area contributed by atoms with Gasteiger partial charge in [-0.25, -0.2) is 8.42 Å². The summed E-state index contributed by atoms with van der Waals surface area (Å²) >= 11 is 0. The van der Waals surface area contributed by atoms with Gasteiger partial charge in [0.1, 0.15) is 0 Å². The Kier molecular flexibility index (Phi) is 8.10. The Hall–Kier alpha value is -0.0500. The molecule has 0 aromatic rings. The molecule has 0 aliphatic rings. The van der Waals surface area contributed by atoms with Gasteiger partial charge in [0, 0.05) is 23.7 Å². The topological polar surface area (TPSA) is 52.6 Å². The number of rotatable bonds is 9. The molecule has 9 heteroatoms. The Morgan fingerprint density at radius 1 is 1.00 bits per heavy atom. The Balaban J connectivity index is 3.20. The van der Waals surface area contributed by atoms with Gasteiger partial charge in [0.25, 0.3) is 0 Å². The van der Waals surface area contributed by atoms with Crippen molar-refractivity contribution in [1.29, 1.82) is 0 Å². The summed E-state index contributed by atoms with van der Waals surface area (Å²) in [4.78, 5) is 0. The number of alkyl halides is 3. The lowest BCUT2D eigenvalue weighted by Crippen LogP contribution is -2.12. The molecule has 0 amide bonds. The van der Waals surface area contributed by atoms with Gasteiger partial charge >= 0.3 is 6.18 Å². The molecule has 0 rings (SSSR count). The van der Waals surface area contributed by atoms with E-state index in [4.69, 9.17) is 20.2 Å². The van der Waals surface area contributed by atoms with Crippen LogP contribution in [0.5, 0.6) is 0 Å². The Morgan fingerprint density at radius 3 is 2.00 bits per heavy atom. The SMILES string of the molecule is O=S(=O)(Cl)CCOCCOCCCC(F)(F)F. The average Bonchev–Trinajstić information content (AvgIpc) is 2.11. The molecule has 0 aliphatic heterocycles. The fraction of sp³-hybridized carbons (Fsp3) is 1.00. The molecular formula is C8H14ClF3O4S. The van der Waals surface area contributed by atoms with Crippen molar-refractivity contribution in [1.82, 2.24) is 0 Å². The third kappa shape index (κ3) is 15.9. The van der Waals surface area contributed by atoms with Gasteiger partial charge in [-0.05, 0) is 6.42 Å².